The van der Waals surface area contributed by atoms with E-state index in [1.807, 2.05) is 37.3 Å². The molecule has 1 saturated heterocycles. The molecule has 0 spiro atoms. The molecule has 3 rings (SSSR count). The maximum Gasteiger partial charge on any atom is 0.250 e. The minimum Gasteiger partial charge on any atom is -0.377 e. The fraction of sp³-hybridized carbons (Fsp3) is 0.368. The van der Waals surface area contributed by atoms with E-state index in [2.05, 4.69) is 5.32 Å². The molecular formula is C19H22N2O3. The van der Waals surface area contributed by atoms with Crippen molar-refractivity contribution in [3.8, 4) is 0 Å². The van der Waals surface area contributed by atoms with E-state index in [4.69, 9.17) is 4.74 Å². The summed E-state index contributed by atoms with van der Waals surface area (Å²) in [5.41, 5.74) is 1.59. The molecule has 5 nitrogen and oxygen atoms in total. The maximum absolute atomic E-state index is 12.5. The largest absolute Gasteiger partial charge is 0.377 e. The predicted molar refractivity (Wildman–Crippen MR) is 93.0 cm³/mol. The Labute approximate surface area is 141 Å². The van der Waals surface area contributed by atoms with Gasteiger partial charge in [-0.05, 0) is 24.5 Å². The normalized spacial score (nSPS) is 20.0. The van der Waals surface area contributed by atoms with Crippen LogP contribution < -0.4 is 10.9 Å². The number of pyridine rings is 1. The second-order valence-electron chi connectivity index (χ2n) is 6.07. The van der Waals surface area contributed by atoms with Crippen LogP contribution in [0, 0.1) is 5.92 Å². The summed E-state index contributed by atoms with van der Waals surface area (Å²) in [5, 5.41) is 2.92. The van der Waals surface area contributed by atoms with Crippen molar-refractivity contribution in [2.24, 2.45) is 5.92 Å². The van der Waals surface area contributed by atoms with Gasteiger partial charge in [0.05, 0.1) is 24.3 Å². The van der Waals surface area contributed by atoms with Crippen molar-refractivity contribution < 1.29 is 9.53 Å². The number of anilines is 1. The van der Waals surface area contributed by atoms with E-state index in [0.717, 1.165) is 18.4 Å². The van der Waals surface area contributed by atoms with Gasteiger partial charge in [-0.3, -0.25) is 9.59 Å². The van der Waals surface area contributed by atoms with Gasteiger partial charge < -0.3 is 14.6 Å². The summed E-state index contributed by atoms with van der Waals surface area (Å²) in [6.07, 6.45) is 3.25. The average Bonchev–Trinajstić information content (AvgIpc) is 3.07. The number of amides is 1. The molecule has 0 saturated carbocycles. The number of rotatable bonds is 5. The Morgan fingerprint density at radius 3 is 2.79 bits per heavy atom. The maximum atomic E-state index is 12.5. The third-order valence-corrected chi connectivity index (χ3v) is 4.40. The molecule has 2 atom stereocenters. The Hall–Kier alpha value is -2.40. The van der Waals surface area contributed by atoms with Crippen molar-refractivity contribution in [2.45, 2.75) is 32.4 Å². The highest BCUT2D eigenvalue weighted by Crippen LogP contribution is 2.24. The highest BCUT2D eigenvalue weighted by Gasteiger charge is 2.32. The van der Waals surface area contributed by atoms with Crippen molar-refractivity contribution in [1.82, 2.24) is 4.57 Å². The Bertz CT molecular complexity index is 755. The molecule has 0 bridgehead atoms. The fourth-order valence-corrected chi connectivity index (χ4v) is 3.09. The lowest BCUT2D eigenvalue weighted by molar-refractivity contribution is -0.121. The van der Waals surface area contributed by atoms with Gasteiger partial charge in [0.2, 0.25) is 5.91 Å². The van der Waals surface area contributed by atoms with Gasteiger partial charge >= 0.3 is 0 Å². The molecule has 2 heterocycles. The molecule has 0 unspecified atom stereocenters. The number of hydrogen-bond donors (Lipinski definition) is 1. The number of nitrogens with zero attached hydrogens (tertiary/aromatic N) is 1. The smallest absolute Gasteiger partial charge is 0.250 e. The van der Waals surface area contributed by atoms with E-state index in [1.165, 1.54) is 6.07 Å². The molecule has 1 aliphatic heterocycles. The second kappa shape index (κ2) is 7.45. The van der Waals surface area contributed by atoms with Crippen molar-refractivity contribution in [1.29, 1.82) is 0 Å². The predicted octanol–water partition coefficient (Wildman–Crippen LogP) is 2.65. The van der Waals surface area contributed by atoms with Crippen molar-refractivity contribution in [3.05, 3.63) is 64.6 Å². The zero-order chi connectivity index (χ0) is 16.9. The molecule has 1 aromatic heterocycles. The first-order valence-electron chi connectivity index (χ1n) is 8.34. The fourth-order valence-electron chi connectivity index (χ4n) is 3.09. The topological polar surface area (TPSA) is 60.3 Å². The van der Waals surface area contributed by atoms with Crippen LogP contribution in [0.1, 0.15) is 25.3 Å². The second-order valence-corrected chi connectivity index (χ2v) is 6.07. The summed E-state index contributed by atoms with van der Waals surface area (Å²) >= 11 is 0. The van der Waals surface area contributed by atoms with Gasteiger partial charge in [-0.1, -0.05) is 37.3 Å². The van der Waals surface area contributed by atoms with Crippen LogP contribution in [0.2, 0.25) is 0 Å². The van der Waals surface area contributed by atoms with Crippen LogP contribution in [0.4, 0.5) is 5.69 Å². The van der Waals surface area contributed by atoms with E-state index < -0.39 is 0 Å². The number of aromatic nitrogens is 1. The van der Waals surface area contributed by atoms with Crippen molar-refractivity contribution >= 4 is 11.6 Å². The molecule has 1 fully saturated rings. The number of nitrogens with one attached hydrogen (secondary N) is 1. The van der Waals surface area contributed by atoms with Crippen LogP contribution in [0.3, 0.4) is 0 Å². The summed E-state index contributed by atoms with van der Waals surface area (Å²) < 4.78 is 7.18. The SMILES string of the molecule is CC[C@@H]1OCC[C@H]1C(=O)Nc1ccc(=O)n(Cc2ccccc2)c1. The lowest BCUT2D eigenvalue weighted by atomic mass is 9.98. The number of hydrogen-bond acceptors (Lipinski definition) is 3. The van der Waals surface area contributed by atoms with E-state index in [-0.39, 0.29) is 23.5 Å². The molecule has 126 valence electrons. The summed E-state index contributed by atoms with van der Waals surface area (Å²) in [6, 6.07) is 12.9. The van der Waals surface area contributed by atoms with Crippen LogP contribution in [-0.2, 0) is 16.1 Å². The molecule has 1 aromatic carbocycles. The molecule has 1 N–H and O–H groups in total. The first kappa shape index (κ1) is 16.5. The monoisotopic (exact) mass is 326 g/mol. The Balaban J connectivity index is 1.74. The van der Waals surface area contributed by atoms with Crippen LogP contribution in [0.25, 0.3) is 0 Å². The molecule has 24 heavy (non-hydrogen) atoms. The Kier molecular flexibility index (Phi) is 5.11. The van der Waals surface area contributed by atoms with Gasteiger partial charge in [-0.15, -0.1) is 0 Å². The van der Waals surface area contributed by atoms with Gasteiger partial charge in [0.25, 0.3) is 5.56 Å². The first-order valence-corrected chi connectivity index (χ1v) is 8.34. The lowest BCUT2D eigenvalue weighted by Gasteiger charge is -2.17. The molecule has 0 aliphatic carbocycles. The van der Waals surface area contributed by atoms with Gasteiger partial charge in [-0.25, -0.2) is 0 Å². The van der Waals surface area contributed by atoms with Crippen LogP contribution in [0.5, 0.6) is 0 Å². The number of carbonyl (C=O) groups excluding carboxylic acids is 1. The third kappa shape index (κ3) is 3.74. The molecule has 1 amide bonds. The van der Waals surface area contributed by atoms with E-state index in [0.29, 0.717) is 18.8 Å². The molecule has 0 radical (unpaired) electrons. The minimum absolute atomic E-state index is 0.0137. The Morgan fingerprint density at radius 2 is 2.04 bits per heavy atom. The van der Waals surface area contributed by atoms with E-state index in [9.17, 15) is 9.59 Å². The average molecular weight is 326 g/mol. The number of benzene rings is 1. The van der Waals surface area contributed by atoms with E-state index >= 15 is 0 Å². The molecule has 1 aliphatic rings. The van der Waals surface area contributed by atoms with Gasteiger partial charge in [0.1, 0.15) is 0 Å². The highest BCUT2D eigenvalue weighted by molar-refractivity contribution is 5.92. The van der Waals surface area contributed by atoms with Crippen molar-refractivity contribution in [3.63, 3.8) is 0 Å². The molecule has 5 heteroatoms. The summed E-state index contributed by atoms with van der Waals surface area (Å²) in [7, 11) is 0. The number of ether oxygens (including phenoxy) is 1. The summed E-state index contributed by atoms with van der Waals surface area (Å²) in [6.45, 7) is 3.13. The Morgan fingerprint density at radius 1 is 1.25 bits per heavy atom. The van der Waals surface area contributed by atoms with Crippen molar-refractivity contribution in [2.75, 3.05) is 11.9 Å². The highest BCUT2D eigenvalue weighted by atomic mass is 16.5. The van der Waals surface area contributed by atoms with Gasteiger partial charge in [-0.2, -0.15) is 0 Å². The van der Waals surface area contributed by atoms with Gasteiger partial charge in [0, 0.05) is 18.9 Å². The van der Waals surface area contributed by atoms with Crippen LogP contribution >= 0.6 is 0 Å². The molecule has 2 aromatic rings. The zero-order valence-corrected chi connectivity index (χ0v) is 13.8. The minimum atomic E-state index is -0.121. The first-order chi connectivity index (χ1) is 11.7. The lowest BCUT2D eigenvalue weighted by Crippen LogP contribution is -2.30. The third-order valence-electron chi connectivity index (χ3n) is 4.40. The summed E-state index contributed by atoms with van der Waals surface area (Å²) in [5.74, 6) is -0.159. The number of carbonyl (C=O) groups is 1. The van der Waals surface area contributed by atoms with Crippen LogP contribution in [-0.4, -0.2) is 23.2 Å². The quantitative estimate of drug-likeness (QED) is 0.919. The van der Waals surface area contributed by atoms with Crippen LogP contribution in [0.15, 0.2) is 53.5 Å². The standard InChI is InChI=1S/C19H22N2O3/c1-2-17-16(10-11-24-17)19(23)20-15-8-9-18(22)21(13-15)12-14-6-4-3-5-7-14/h3-9,13,16-17H,2,10-12H2,1H3,(H,20,23)/t16-,17+/m1/s1. The van der Waals surface area contributed by atoms with Gasteiger partial charge in [0.15, 0.2) is 0 Å². The summed E-state index contributed by atoms with van der Waals surface area (Å²) in [4.78, 5) is 24.5. The molecular weight excluding hydrogens is 304 g/mol. The zero-order valence-electron chi connectivity index (χ0n) is 13.8. The van der Waals surface area contributed by atoms with E-state index in [1.54, 1.807) is 16.8 Å².